The van der Waals surface area contributed by atoms with Gasteiger partial charge in [-0.1, -0.05) is 35.9 Å². The Labute approximate surface area is 208 Å². The zero-order valence-electron chi connectivity index (χ0n) is 19.1. The summed E-state index contributed by atoms with van der Waals surface area (Å²) in [6.07, 6.45) is 4.68. The van der Waals surface area contributed by atoms with Crippen LogP contribution in [0.2, 0.25) is 5.02 Å². The molecule has 1 N–H and O–H groups in total. The van der Waals surface area contributed by atoms with Crippen molar-refractivity contribution in [2.24, 2.45) is 0 Å². The molecule has 0 radical (unpaired) electrons. The lowest BCUT2D eigenvalue weighted by Crippen LogP contribution is -2.40. The van der Waals surface area contributed by atoms with E-state index in [0.29, 0.717) is 49.1 Å². The minimum Gasteiger partial charge on any atom is -0.480 e. The highest BCUT2D eigenvalue weighted by atomic mass is 35.5. The van der Waals surface area contributed by atoms with Gasteiger partial charge in [-0.05, 0) is 42.2 Å². The molecule has 1 amide bonds. The van der Waals surface area contributed by atoms with E-state index in [0.717, 1.165) is 35.3 Å². The van der Waals surface area contributed by atoms with Crippen molar-refractivity contribution in [2.45, 2.75) is 18.9 Å². The second-order valence-electron chi connectivity index (χ2n) is 8.61. The van der Waals surface area contributed by atoms with E-state index in [4.69, 9.17) is 16.3 Å². The molecular formula is C26H25ClN4O4. The average Bonchev–Trinajstić information content (AvgIpc) is 3.39. The maximum Gasteiger partial charge on any atom is 0.326 e. The van der Waals surface area contributed by atoms with Crippen molar-refractivity contribution in [2.75, 3.05) is 37.7 Å². The van der Waals surface area contributed by atoms with Crippen LogP contribution in [0, 0.1) is 0 Å². The number of hydrogen-bond donors (Lipinski definition) is 1. The number of aromatic nitrogens is 2. The van der Waals surface area contributed by atoms with Crippen molar-refractivity contribution < 1.29 is 19.4 Å². The summed E-state index contributed by atoms with van der Waals surface area (Å²) in [5.74, 6) is -0.623. The molecule has 0 saturated carbocycles. The lowest BCUT2D eigenvalue weighted by molar-refractivity contribution is -0.141. The first-order chi connectivity index (χ1) is 17.0. The van der Waals surface area contributed by atoms with E-state index in [2.05, 4.69) is 14.9 Å². The fourth-order valence-electron chi connectivity index (χ4n) is 4.65. The fraction of sp³-hybridized carbons (Fsp3) is 0.308. The molecule has 9 heteroatoms. The molecule has 2 saturated heterocycles. The first-order valence-corrected chi connectivity index (χ1v) is 12.0. The first kappa shape index (κ1) is 23.3. The van der Waals surface area contributed by atoms with Crippen LogP contribution in [0.1, 0.15) is 23.2 Å². The maximum absolute atomic E-state index is 13.3. The van der Waals surface area contributed by atoms with Crippen molar-refractivity contribution in [3.8, 4) is 22.3 Å². The molecule has 2 aromatic carbocycles. The Balaban J connectivity index is 1.53. The van der Waals surface area contributed by atoms with E-state index < -0.39 is 12.0 Å². The smallest absolute Gasteiger partial charge is 0.326 e. The molecule has 3 heterocycles. The van der Waals surface area contributed by atoms with Crippen LogP contribution in [0.15, 0.2) is 54.9 Å². The Morgan fingerprint density at radius 1 is 0.971 bits per heavy atom. The summed E-state index contributed by atoms with van der Waals surface area (Å²) in [5.41, 5.74) is 3.57. The molecule has 35 heavy (non-hydrogen) atoms. The molecule has 0 spiro atoms. The second kappa shape index (κ2) is 10.0. The largest absolute Gasteiger partial charge is 0.480 e. The first-order valence-electron chi connectivity index (χ1n) is 11.6. The zero-order chi connectivity index (χ0) is 24.4. The number of amides is 1. The molecule has 2 fully saturated rings. The molecule has 5 rings (SSSR count). The SMILES string of the molecule is O=C(O)C1CCCN1C(=O)c1ccc(-c2cnc(N3CCOCC3)nc2)c(-c2ccccc2Cl)c1. The summed E-state index contributed by atoms with van der Waals surface area (Å²) < 4.78 is 5.40. The Morgan fingerprint density at radius 2 is 1.71 bits per heavy atom. The van der Waals surface area contributed by atoms with E-state index in [1.807, 2.05) is 24.3 Å². The number of anilines is 1. The molecule has 0 aliphatic carbocycles. The monoisotopic (exact) mass is 492 g/mol. The van der Waals surface area contributed by atoms with Gasteiger partial charge in [0.25, 0.3) is 5.91 Å². The highest BCUT2D eigenvalue weighted by Gasteiger charge is 2.34. The number of aliphatic carboxylic acids is 1. The van der Waals surface area contributed by atoms with Gasteiger partial charge in [-0.15, -0.1) is 0 Å². The van der Waals surface area contributed by atoms with Crippen LogP contribution >= 0.6 is 11.6 Å². The Kier molecular flexibility index (Phi) is 6.66. The van der Waals surface area contributed by atoms with E-state index in [9.17, 15) is 14.7 Å². The van der Waals surface area contributed by atoms with Crippen LogP contribution in [0.25, 0.3) is 22.3 Å². The number of benzene rings is 2. The topological polar surface area (TPSA) is 95.9 Å². The van der Waals surface area contributed by atoms with Crippen molar-refractivity contribution in [3.05, 3.63) is 65.4 Å². The number of likely N-dealkylation sites (tertiary alicyclic amines) is 1. The van der Waals surface area contributed by atoms with Crippen LogP contribution in [0.4, 0.5) is 5.95 Å². The standard InChI is InChI=1S/C26H25ClN4O4/c27-22-5-2-1-4-20(22)21-14-17(24(32)31-9-3-6-23(31)25(33)34)7-8-19(21)18-15-28-26(29-16-18)30-10-12-35-13-11-30/h1-2,4-5,7-8,14-16,23H,3,6,9-13H2,(H,33,34). The minimum atomic E-state index is -0.976. The number of morpholine rings is 1. The Bertz CT molecular complexity index is 1240. The number of nitrogens with zero attached hydrogens (tertiary/aromatic N) is 4. The number of carbonyl (C=O) groups is 2. The summed E-state index contributed by atoms with van der Waals surface area (Å²) >= 11 is 6.55. The number of carboxylic acid groups (broad SMARTS) is 1. The quantitative estimate of drug-likeness (QED) is 0.575. The fourth-order valence-corrected chi connectivity index (χ4v) is 4.89. The van der Waals surface area contributed by atoms with Gasteiger partial charge in [0.15, 0.2) is 0 Å². The van der Waals surface area contributed by atoms with E-state index in [-0.39, 0.29) is 5.91 Å². The van der Waals surface area contributed by atoms with Gasteiger partial charge in [0.1, 0.15) is 6.04 Å². The Morgan fingerprint density at radius 3 is 2.43 bits per heavy atom. The molecule has 1 unspecified atom stereocenters. The highest BCUT2D eigenvalue weighted by molar-refractivity contribution is 6.33. The van der Waals surface area contributed by atoms with Crippen LogP contribution < -0.4 is 4.90 Å². The summed E-state index contributed by atoms with van der Waals surface area (Å²) in [7, 11) is 0. The van der Waals surface area contributed by atoms with Gasteiger partial charge in [0, 0.05) is 53.7 Å². The minimum absolute atomic E-state index is 0.298. The van der Waals surface area contributed by atoms with Gasteiger partial charge in [0.2, 0.25) is 5.95 Å². The van der Waals surface area contributed by atoms with Crippen LogP contribution in [0.5, 0.6) is 0 Å². The van der Waals surface area contributed by atoms with Gasteiger partial charge in [0.05, 0.1) is 13.2 Å². The van der Waals surface area contributed by atoms with E-state index >= 15 is 0 Å². The number of hydrogen-bond acceptors (Lipinski definition) is 6. The summed E-state index contributed by atoms with van der Waals surface area (Å²) in [6, 6.07) is 12.0. The van der Waals surface area contributed by atoms with Gasteiger partial charge in [-0.2, -0.15) is 0 Å². The molecule has 180 valence electrons. The molecule has 0 bridgehead atoms. The molecule has 1 aromatic heterocycles. The molecule has 2 aliphatic heterocycles. The predicted octanol–water partition coefficient (Wildman–Crippen LogP) is 3.99. The Hall–Kier alpha value is -3.49. The summed E-state index contributed by atoms with van der Waals surface area (Å²) in [4.78, 5) is 37.6. The lowest BCUT2D eigenvalue weighted by atomic mass is 9.93. The van der Waals surface area contributed by atoms with E-state index in [1.165, 1.54) is 4.90 Å². The molecular weight excluding hydrogens is 468 g/mol. The third-order valence-electron chi connectivity index (χ3n) is 6.47. The van der Waals surface area contributed by atoms with Crippen LogP contribution in [0.3, 0.4) is 0 Å². The molecule has 1 atom stereocenters. The molecule has 8 nitrogen and oxygen atoms in total. The number of halogens is 1. The third-order valence-corrected chi connectivity index (χ3v) is 6.80. The number of carbonyl (C=O) groups excluding carboxylic acids is 1. The summed E-state index contributed by atoms with van der Waals surface area (Å²) in [5, 5.41) is 10.1. The summed E-state index contributed by atoms with van der Waals surface area (Å²) in [6.45, 7) is 3.22. The van der Waals surface area contributed by atoms with Crippen molar-refractivity contribution in [3.63, 3.8) is 0 Å². The van der Waals surface area contributed by atoms with Gasteiger partial charge in [-0.25, -0.2) is 14.8 Å². The third kappa shape index (κ3) is 4.72. The number of carboxylic acids is 1. The molecule has 3 aromatic rings. The predicted molar refractivity (Wildman–Crippen MR) is 133 cm³/mol. The number of rotatable bonds is 5. The number of ether oxygens (including phenoxy) is 1. The normalized spacial score (nSPS) is 18.0. The van der Waals surface area contributed by atoms with Crippen LogP contribution in [-0.2, 0) is 9.53 Å². The average molecular weight is 493 g/mol. The van der Waals surface area contributed by atoms with Gasteiger partial charge in [-0.3, -0.25) is 4.79 Å². The van der Waals surface area contributed by atoms with Crippen molar-refractivity contribution >= 4 is 29.4 Å². The van der Waals surface area contributed by atoms with Crippen molar-refractivity contribution in [1.29, 1.82) is 0 Å². The van der Waals surface area contributed by atoms with Crippen molar-refractivity contribution in [1.82, 2.24) is 14.9 Å². The van der Waals surface area contributed by atoms with Crippen LogP contribution in [-0.4, -0.2) is 70.7 Å². The van der Waals surface area contributed by atoms with Gasteiger partial charge < -0.3 is 19.6 Å². The maximum atomic E-state index is 13.3. The second-order valence-corrected chi connectivity index (χ2v) is 9.01. The lowest BCUT2D eigenvalue weighted by Gasteiger charge is -2.26. The highest BCUT2D eigenvalue weighted by Crippen LogP contribution is 2.37. The van der Waals surface area contributed by atoms with Gasteiger partial charge >= 0.3 is 5.97 Å². The van der Waals surface area contributed by atoms with E-state index in [1.54, 1.807) is 30.6 Å². The molecule has 2 aliphatic rings. The zero-order valence-corrected chi connectivity index (χ0v) is 19.8.